The van der Waals surface area contributed by atoms with E-state index in [-0.39, 0.29) is 16.6 Å². The van der Waals surface area contributed by atoms with Gasteiger partial charge in [-0.1, -0.05) is 25.4 Å². The molecule has 1 aromatic rings. The van der Waals surface area contributed by atoms with Gasteiger partial charge in [-0.25, -0.2) is 8.42 Å². The standard InChI is InChI=1S/C14H22ClN3O3S/c1-4-18(5-2)9-8-16-14(19)11-6-7-12(15)13(10-11)17-22(3,20)21/h6-7,10,17H,4-5,8-9H2,1-3H3,(H,16,19). The number of benzene rings is 1. The molecule has 0 fully saturated rings. The highest BCUT2D eigenvalue weighted by Crippen LogP contribution is 2.23. The molecule has 0 saturated carbocycles. The fourth-order valence-electron chi connectivity index (χ4n) is 1.91. The second-order valence-electron chi connectivity index (χ2n) is 4.85. The molecule has 0 aliphatic heterocycles. The van der Waals surface area contributed by atoms with Gasteiger partial charge in [0.2, 0.25) is 10.0 Å². The summed E-state index contributed by atoms with van der Waals surface area (Å²) in [5, 5.41) is 3.05. The highest BCUT2D eigenvalue weighted by atomic mass is 35.5. The maximum Gasteiger partial charge on any atom is 0.251 e. The molecule has 6 nitrogen and oxygen atoms in total. The van der Waals surface area contributed by atoms with Gasteiger partial charge in [0.1, 0.15) is 0 Å². The first-order valence-corrected chi connectivity index (χ1v) is 9.31. The first-order chi connectivity index (χ1) is 10.3. The summed E-state index contributed by atoms with van der Waals surface area (Å²) >= 11 is 5.93. The van der Waals surface area contributed by atoms with Crippen LogP contribution in [-0.4, -0.2) is 51.7 Å². The number of rotatable bonds is 8. The van der Waals surface area contributed by atoms with Crippen LogP contribution in [-0.2, 0) is 10.0 Å². The molecule has 0 aliphatic carbocycles. The number of carbonyl (C=O) groups is 1. The van der Waals surface area contributed by atoms with Crippen LogP contribution in [0.4, 0.5) is 5.69 Å². The van der Waals surface area contributed by atoms with Gasteiger partial charge in [0.15, 0.2) is 0 Å². The number of hydrogen-bond acceptors (Lipinski definition) is 4. The average Bonchev–Trinajstić information content (AvgIpc) is 2.44. The van der Waals surface area contributed by atoms with Crippen LogP contribution in [0, 0.1) is 0 Å². The molecule has 124 valence electrons. The smallest absolute Gasteiger partial charge is 0.251 e. The monoisotopic (exact) mass is 347 g/mol. The molecule has 0 aromatic heterocycles. The van der Waals surface area contributed by atoms with E-state index >= 15 is 0 Å². The van der Waals surface area contributed by atoms with Gasteiger partial charge in [0.05, 0.1) is 17.0 Å². The van der Waals surface area contributed by atoms with Crippen LogP contribution in [0.2, 0.25) is 5.02 Å². The highest BCUT2D eigenvalue weighted by molar-refractivity contribution is 7.92. The van der Waals surface area contributed by atoms with Gasteiger partial charge in [-0.2, -0.15) is 0 Å². The molecule has 0 spiro atoms. The van der Waals surface area contributed by atoms with E-state index in [0.717, 1.165) is 25.9 Å². The van der Waals surface area contributed by atoms with E-state index in [1.807, 2.05) is 0 Å². The summed E-state index contributed by atoms with van der Waals surface area (Å²) in [6.07, 6.45) is 1.03. The molecule has 0 saturated heterocycles. The summed E-state index contributed by atoms with van der Waals surface area (Å²) in [4.78, 5) is 14.3. The van der Waals surface area contributed by atoms with Crippen molar-refractivity contribution in [3.8, 4) is 0 Å². The van der Waals surface area contributed by atoms with Gasteiger partial charge in [-0.05, 0) is 31.3 Å². The SMILES string of the molecule is CCN(CC)CCNC(=O)c1ccc(Cl)c(NS(C)(=O)=O)c1. The number of nitrogens with zero attached hydrogens (tertiary/aromatic N) is 1. The lowest BCUT2D eigenvalue weighted by Crippen LogP contribution is -2.34. The second-order valence-corrected chi connectivity index (χ2v) is 7.01. The van der Waals surface area contributed by atoms with Crippen molar-refractivity contribution in [3.63, 3.8) is 0 Å². The molecular weight excluding hydrogens is 326 g/mol. The number of likely N-dealkylation sites (N-methyl/N-ethyl adjacent to an activating group) is 1. The maximum atomic E-state index is 12.1. The number of hydrogen-bond donors (Lipinski definition) is 2. The Hall–Kier alpha value is -1.31. The molecule has 0 radical (unpaired) electrons. The predicted molar refractivity (Wildman–Crippen MR) is 90.0 cm³/mol. The predicted octanol–water partition coefficient (Wildman–Crippen LogP) is 1.78. The highest BCUT2D eigenvalue weighted by Gasteiger charge is 2.11. The largest absolute Gasteiger partial charge is 0.351 e. The molecule has 1 amide bonds. The Bertz CT molecular complexity index is 616. The van der Waals surface area contributed by atoms with E-state index < -0.39 is 10.0 Å². The Kier molecular flexibility index (Phi) is 7.12. The molecule has 22 heavy (non-hydrogen) atoms. The van der Waals surface area contributed by atoms with Crippen LogP contribution in [0.5, 0.6) is 0 Å². The number of nitrogens with one attached hydrogen (secondary N) is 2. The lowest BCUT2D eigenvalue weighted by atomic mass is 10.2. The zero-order valence-electron chi connectivity index (χ0n) is 13.0. The Labute approximate surface area is 136 Å². The summed E-state index contributed by atoms with van der Waals surface area (Å²) in [6, 6.07) is 4.48. The average molecular weight is 348 g/mol. The second kappa shape index (κ2) is 8.36. The van der Waals surface area contributed by atoms with E-state index in [4.69, 9.17) is 11.6 Å². The zero-order valence-corrected chi connectivity index (χ0v) is 14.6. The Morgan fingerprint density at radius 2 is 1.91 bits per heavy atom. The topological polar surface area (TPSA) is 78.5 Å². The van der Waals surface area contributed by atoms with Crippen molar-refractivity contribution in [2.24, 2.45) is 0 Å². The van der Waals surface area contributed by atoms with E-state index in [1.165, 1.54) is 12.1 Å². The number of amides is 1. The molecule has 2 N–H and O–H groups in total. The first-order valence-electron chi connectivity index (χ1n) is 7.04. The van der Waals surface area contributed by atoms with Gasteiger partial charge in [0, 0.05) is 18.7 Å². The van der Waals surface area contributed by atoms with E-state index in [1.54, 1.807) is 6.07 Å². The maximum absolute atomic E-state index is 12.1. The fraction of sp³-hybridized carbons (Fsp3) is 0.500. The zero-order chi connectivity index (χ0) is 16.8. The van der Waals surface area contributed by atoms with Gasteiger partial charge in [-0.15, -0.1) is 0 Å². The Morgan fingerprint density at radius 1 is 1.27 bits per heavy atom. The van der Waals surface area contributed by atoms with E-state index in [2.05, 4.69) is 28.8 Å². The minimum Gasteiger partial charge on any atom is -0.351 e. The summed E-state index contributed by atoms with van der Waals surface area (Å²) in [5.41, 5.74) is 0.552. The van der Waals surface area contributed by atoms with Crippen LogP contribution in [0.1, 0.15) is 24.2 Å². The van der Waals surface area contributed by atoms with Crippen molar-refractivity contribution in [1.29, 1.82) is 0 Å². The van der Waals surface area contributed by atoms with Crippen LogP contribution >= 0.6 is 11.6 Å². The Balaban J connectivity index is 2.72. The fourth-order valence-corrected chi connectivity index (χ4v) is 2.70. The minimum absolute atomic E-state index is 0.195. The van der Waals surface area contributed by atoms with E-state index in [0.29, 0.717) is 12.1 Å². The van der Waals surface area contributed by atoms with Crippen LogP contribution < -0.4 is 10.0 Å². The van der Waals surface area contributed by atoms with Crippen molar-refractivity contribution >= 4 is 33.2 Å². The van der Waals surface area contributed by atoms with Crippen molar-refractivity contribution in [2.75, 3.05) is 37.2 Å². The van der Waals surface area contributed by atoms with Gasteiger partial charge < -0.3 is 10.2 Å². The summed E-state index contributed by atoms with van der Waals surface area (Å²) in [5.74, 6) is -0.264. The molecule has 8 heteroatoms. The number of carbonyl (C=O) groups excluding carboxylic acids is 1. The third-order valence-corrected chi connectivity index (χ3v) is 4.05. The molecule has 0 unspecified atom stereocenters. The van der Waals surface area contributed by atoms with Gasteiger partial charge in [-0.3, -0.25) is 9.52 Å². The molecule has 1 aromatic carbocycles. The van der Waals surface area contributed by atoms with Crippen LogP contribution in [0.3, 0.4) is 0 Å². The molecule has 0 atom stereocenters. The van der Waals surface area contributed by atoms with Crippen LogP contribution in [0.15, 0.2) is 18.2 Å². The summed E-state index contributed by atoms with van der Waals surface area (Å²) < 4.78 is 24.8. The Morgan fingerprint density at radius 3 is 2.45 bits per heavy atom. The molecule has 0 heterocycles. The third-order valence-electron chi connectivity index (χ3n) is 3.13. The van der Waals surface area contributed by atoms with E-state index in [9.17, 15) is 13.2 Å². The van der Waals surface area contributed by atoms with Crippen molar-refractivity contribution in [3.05, 3.63) is 28.8 Å². The normalized spacial score (nSPS) is 11.5. The minimum atomic E-state index is -3.45. The summed E-state index contributed by atoms with van der Waals surface area (Å²) in [6.45, 7) is 7.27. The lowest BCUT2D eigenvalue weighted by molar-refractivity contribution is 0.0949. The first kappa shape index (κ1) is 18.7. The number of halogens is 1. The van der Waals surface area contributed by atoms with Gasteiger partial charge in [0.25, 0.3) is 5.91 Å². The third kappa shape index (κ3) is 6.21. The molecular formula is C14H22ClN3O3S. The quantitative estimate of drug-likeness (QED) is 0.751. The van der Waals surface area contributed by atoms with Gasteiger partial charge >= 0.3 is 0 Å². The molecule has 0 aliphatic rings. The summed E-state index contributed by atoms with van der Waals surface area (Å²) in [7, 11) is -3.45. The molecule has 0 bridgehead atoms. The number of anilines is 1. The van der Waals surface area contributed by atoms with Crippen molar-refractivity contribution in [2.45, 2.75) is 13.8 Å². The number of sulfonamides is 1. The van der Waals surface area contributed by atoms with Crippen LogP contribution in [0.25, 0.3) is 0 Å². The van der Waals surface area contributed by atoms with Crippen molar-refractivity contribution < 1.29 is 13.2 Å². The molecule has 1 rings (SSSR count). The van der Waals surface area contributed by atoms with Crippen molar-refractivity contribution in [1.82, 2.24) is 10.2 Å². The lowest BCUT2D eigenvalue weighted by Gasteiger charge is -2.18.